The van der Waals surface area contributed by atoms with Gasteiger partial charge in [0.2, 0.25) is 0 Å². The number of anilines is 1. The SMILES string of the molecule is CCc1cccc(-n2ncc3c2CCCN3)c1. The smallest absolute Gasteiger partial charge is 0.0763 e. The van der Waals surface area contributed by atoms with Crippen LogP contribution in [0.4, 0.5) is 5.69 Å². The highest BCUT2D eigenvalue weighted by Crippen LogP contribution is 2.24. The molecule has 0 amide bonds. The lowest BCUT2D eigenvalue weighted by Gasteiger charge is -2.15. The van der Waals surface area contributed by atoms with Crippen molar-refractivity contribution in [3.63, 3.8) is 0 Å². The average molecular weight is 227 g/mol. The third kappa shape index (κ3) is 1.82. The average Bonchev–Trinajstić information content (AvgIpc) is 2.82. The first-order valence-corrected chi connectivity index (χ1v) is 6.28. The van der Waals surface area contributed by atoms with Crippen LogP contribution in [0, 0.1) is 0 Å². The Morgan fingerprint density at radius 3 is 3.24 bits per heavy atom. The van der Waals surface area contributed by atoms with Crippen LogP contribution in [0.25, 0.3) is 5.69 Å². The van der Waals surface area contributed by atoms with Crippen LogP contribution in [0.1, 0.15) is 24.6 Å². The van der Waals surface area contributed by atoms with Crippen LogP contribution in [0.5, 0.6) is 0 Å². The molecule has 1 aromatic carbocycles. The summed E-state index contributed by atoms with van der Waals surface area (Å²) in [5.74, 6) is 0. The van der Waals surface area contributed by atoms with Crippen molar-refractivity contribution >= 4 is 5.69 Å². The highest BCUT2D eigenvalue weighted by atomic mass is 15.3. The highest BCUT2D eigenvalue weighted by molar-refractivity contribution is 5.52. The van der Waals surface area contributed by atoms with Crippen molar-refractivity contribution in [2.24, 2.45) is 0 Å². The number of hydrogen-bond donors (Lipinski definition) is 1. The fraction of sp³-hybridized carbons (Fsp3) is 0.357. The summed E-state index contributed by atoms with van der Waals surface area (Å²) in [6.45, 7) is 3.24. The van der Waals surface area contributed by atoms with Gasteiger partial charge in [-0.05, 0) is 37.0 Å². The summed E-state index contributed by atoms with van der Waals surface area (Å²) in [6.07, 6.45) is 5.30. The second-order valence-corrected chi connectivity index (χ2v) is 4.47. The monoisotopic (exact) mass is 227 g/mol. The van der Waals surface area contributed by atoms with E-state index in [9.17, 15) is 0 Å². The van der Waals surface area contributed by atoms with Crippen LogP contribution in [0.15, 0.2) is 30.5 Å². The summed E-state index contributed by atoms with van der Waals surface area (Å²) in [7, 11) is 0. The Labute approximate surface area is 101 Å². The van der Waals surface area contributed by atoms with Crippen LogP contribution >= 0.6 is 0 Å². The Kier molecular flexibility index (Phi) is 2.59. The van der Waals surface area contributed by atoms with E-state index in [0.29, 0.717) is 0 Å². The minimum absolute atomic E-state index is 1.06. The lowest BCUT2D eigenvalue weighted by molar-refractivity contribution is 0.742. The van der Waals surface area contributed by atoms with Crippen LogP contribution in [-0.4, -0.2) is 16.3 Å². The van der Waals surface area contributed by atoms with E-state index in [0.717, 1.165) is 19.4 Å². The van der Waals surface area contributed by atoms with E-state index in [1.165, 1.54) is 29.1 Å². The van der Waals surface area contributed by atoms with Crippen molar-refractivity contribution in [3.05, 3.63) is 41.7 Å². The first kappa shape index (κ1) is 10.4. The largest absolute Gasteiger partial charge is 0.382 e. The molecule has 88 valence electrons. The molecule has 3 rings (SSSR count). The topological polar surface area (TPSA) is 29.9 Å². The van der Waals surface area contributed by atoms with Crippen LogP contribution < -0.4 is 5.32 Å². The fourth-order valence-corrected chi connectivity index (χ4v) is 2.37. The summed E-state index contributed by atoms with van der Waals surface area (Å²) >= 11 is 0. The number of aromatic nitrogens is 2. The molecule has 17 heavy (non-hydrogen) atoms. The first-order chi connectivity index (χ1) is 8.38. The van der Waals surface area contributed by atoms with Gasteiger partial charge in [-0.1, -0.05) is 19.1 Å². The number of rotatable bonds is 2. The Morgan fingerprint density at radius 2 is 2.35 bits per heavy atom. The molecular formula is C14H17N3. The molecule has 0 fully saturated rings. The predicted molar refractivity (Wildman–Crippen MR) is 69.8 cm³/mol. The molecule has 1 aliphatic rings. The van der Waals surface area contributed by atoms with Gasteiger partial charge in [-0.15, -0.1) is 0 Å². The van der Waals surface area contributed by atoms with Gasteiger partial charge < -0.3 is 5.32 Å². The van der Waals surface area contributed by atoms with Gasteiger partial charge >= 0.3 is 0 Å². The maximum absolute atomic E-state index is 4.50. The molecule has 0 aliphatic carbocycles. The van der Waals surface area contributed by atoms with Crippen LogP contribution in [-0.2, 0) is 12.8 Å². The Balaban J connectivity index is 2.05. The molecule has 0 bridgehead atoms. The molecule has 0 atom stereocenters. The Bertz CT molecular complexity index is 528. The number of fused-ring (bicyclic) bond motifs is 1. The van der Waals surface area contributed by atoms with E-state index in [1.54, 1.807) is 0 Å². The molecule has 0 radical (unpaired) electrons. The molecule has 0 spiro atoms. The summed E-state index contributed by atoms with van der Waals surface area (Å²) in [4.78, 5) is 0. The molecular weight excluding hydrogens is 210 g/mol. The third-order valence-corrected chi connectivity index (χ3v) is 3.34. The van der Waals surface area contributed by atoms with Crippen molar-refractivity contribution in [1.82, 2.24) is 9.78 Å². The molecule has 2 aromatic rings. The second kappa shape index (κ2) is 4.24. The van der Waals surface area contributed by atoms with Crippen LogP contribution in [0.2, 0.25) is 0 Å². The summed E-state index contributed by atoms with van der Waals surface area (Å²) in [5.41, 5.74) is 5.03. The van der Waals surface area contributed by atoms with Crippen molar-refractivity contribution < 1.29 is 0 Å². The van der Waals surface area contributed by atoms with Gasteiger partial charge in [0.15, 0.2) is 0 Å². The molecule has 1 N–H and O–H groups in total. The van der Waals surface area contributed by atoms with Crippen molar-refractivity contribution in [2.45, 2.75) is 26.2 Å². The van der Waals surface area contributed by atoms with Gasteiger partial charge in [-0.3, -0.25) is 0 Å². The quantitative estimate of drug-likeness (QED) is 0.855. The molecule has 0 saturated carbocycles. The van der Waals surface area contributed by atoms with Crippen molar-refractivity contribution in [3.8, 4) is 5.69 Å². The first-order valence-electron chi connectivity index (χ1n) is 6.28. The van der Waals surface area contributed by atoms with Gasteiger partial charge in [-0.2, -0.15) is 5.10 Å². The van der Waals surface area contributed by atoms with Crippen LogP contribution in [0.3, 0.4) is 0 Å². The van der Waals surface area contributed by atoms with Gasteiger partial charge in [0.05, 0.1) is 23.3 Å². The van der Waals surface area contributed by atoms with E-state index < -0.39 is 0 Å². The standard InChI is InChI=1S/C14H17N3/c1-2-11-5-3-6-12(9-11)17-14-7-4-8-15-13(14)10-16-17/h3,5-6,9-10,15H,2,4,7-8H2,1H3. The van der Waals surface area contributed by atoms with Gasteiger partial charge in [0.1, 0.15) is 0 Å². The predicted octanol–water partition coefficient (Wildman–Crippen LogP) is 2.79. The number of nitrogens with one attached hydrogen (secondary N) is 1. The van der Waals surface area contributed by atoms with E-state index in [2.05, 4.69) is 46.3 Å². The number of hydrogen-bond acceptors (Lipinski definition) is 2. The molecule has 1 aliphatic heterocycles. The molecule has 3 heteroatoms. The lowest BCUT2D eigenvalue weighted by atomic mass is 10.1. The summed E-state index contributed by atoms with van der Waals surface area (Å²) in [5, 5.41) is 7.90. The van der Waals surface area contributed by atoms with Gasteiger partial charge in [-0.25, -0.2) is 4.68 Å². The third-order valence-electron chi connectivity index (χ3n) is 3.34. The maximum atomic E-state index is 4.50. The molecule has 0 unspecified atom stereocenters. The van der Waals surface area contributed by atoms with Crippen molar-refractivity contribution in [1.29, 1.82) is 0 Å². The van der Waals surface area contributed by atoms with E-state index in [4.69, 9.17) is 0 Å². The molecule has 1 aromatic heterocycles. The van der Waals surface area contributed by atoms with Crippen molar-refractivity contribution in [2.75, 3.05) is 11.9 Å². The molecule has 0 saturated heterocycles. The molecule has 3 nitrogen and oxygen atoms in total. The minimum atomic E-state index is 1.06. The van der Waals surface area contributed by atoms with Gasteiger partial charge in [0, 0.05) is 6.54 Å². The number of aryl methyl sites for hydroxylation is 1. The summed E-state index contributed by atoms with van der Waals surface area (Å²) in [6, 6.07) is 8.62. The molecule has 2 heterocycles. The number of nitrogens with zero attached hydrogens (tertiary/aromatic N) is 2. The maximum Gasteiger partial charge on any atom is 0.0763 e. The zero-order valence-electron chi connectivity index (χ0n) is 10.1. The number of benzene rings is 1. The van der Waals surface area contributed by atoms with E-state index in [-0.39, 0.29) is 0 Å². The fourth-order valence-electron chi connectivity index (χ4n) is 2.37. The highest BCUT2D eigenvalue weighted by Gasteiger charge is 2.15. The lowest BCUT2D eigenvalue weighted by Crippen LogP contribution is -2.13. The normalized spacial score (nSPS) is 14.2. The second-order valence-electron chi connectivity index (χ2n) is 4.47. The van der Waals surface area contributed by atoms with E-state index >= 15 is 0 Å². The zero-order chi connectivity index (χ0) is 11.7. The summed E-state index contributed by atoms with van der Waals surface area (Å²) < 4.78 is 2.07. The Morgan fingerprint density at radius 1 is 1.41 bits per heavy atom. The van der Waals surface area contributed by atoms with E-state index in [1.807, 2.05) is 6.20 Å². The zero-order valence-corrected chi connectivity index (χ0v) is 10.1. The minimum Gasteiger partial charge on any atom is -0.382 e. The Hall–Kier alpha value is -1.77. The van der Waals surface area contributed by atoms with Gasteiger partial charge in [0.25, 0.3) is 0 Å².